The summed E-state index contributed by atoms with van der Waals surface area (Å²) in [4.78, 5) is 4.50. The van der Waals surface area contributed by atoms with Crippen LogP contribution in [0.15, 0.2) is 12.4 Å². The van der Waals surface area contributed by atoms with Crippen molar-refractivity contribution in [3.8, 4) is 0 Å². The molecule has 2 rings (SSSR count). The van der Waals surface area contributed by atoms with Gasteiger partial charge in [-0.25, -0.2) is 4.98 Å². The van der Waals surface area contributed by atoms with Crippen molar-refractivity contribution >= 4 is 0 Å². The van der Waals surface area contributed by atoms with E-state index in [4.69, 9.17) is 0 Å². The minimum atomic E-state index is 0.700. The lowest BCUT2D eigenvalue weighted by atomic mass is 9.76. The van der Waals surface area contributed by atoms with Gasteiger partial charge in [0.05, 0.1) is 0 Å². The highest BCUT2D eigenvalue weighted by Crippen LogP contribution is 2.38. The molecule has 2 nitrogen and oxygen atoms in total. The first kappa shape index (κ1) is 10.7. The number of aromatic nitrogens is 2. The molecule has 0 saturated heterocycles. The molecule has 0 spiro atoms. The van der Waals surface area contributed by atoms with Crippen molar-refractivity contribution in [1.29, 1.82) is 0 Å². The van der Waals surface area contributed by atoms with Gasteiger partial charge in [-0.3, -0.25) is 0 Å². The van der Waals surface area contributed by atoms with Crippen LogP contribution in [0.25, 0.3) is 0 Å². The molecule has 15 heavy (non-hydrogen) atoms. The highest BCUT2D eigenvalue weighted by atomic mass is 15.0. The third kappa shape index (κ3) is 2.24. The van der Waals surface area contributed by atoms with Crippen molar-refractivity contribution in [1.82, 2.24) is 9.55 Å². The van der Waals surface area contributed by atoms with Crippen molar-refractivity contribution in [3.63, 3.8) is 0 Å². The Bertz CT molecular complexity index is 314. The van der Waals surface area contributed by atoms with Gasteiger partial charge in [0.1, 0.15) is 5.82 Å². The van der Waals surface area contributed by atoms with E-state index in [0.29, 0.717) is 5.92 Å². The van der Waals surface area contributed by atoms with Gasteiger partial charge in [-0.2, -0.15) is 0 Å². The summed E-state index contributed by atoms with van der Waals surface area (Å²) in [7, 11) is 2.11. The summed E-state index contributed by atoms with van der Waals surface area (Å²) in [5.41, 5.74) is 0. The van der Waals surface area contributed by atoms with Crippen LogP contribution >= 0.6 is 0 Å². The summed E-state index contributed by atoms with van der Waals surface area (Å²) < 4.78 is 2.19. The fraction of sp³-hybridized carbons (Fsp3) is 0.769. The van der Waals surface area contributed by atoms with Gasteiger partial charge in [0.15, 0.2) is 0 Å². The van der Waals surface area contributed by atoms with Gasteiger partial charge in [-0.05, 0) is 24.7 Å². The predicted molar refractivity (Wildman–Crippen MR) is 62.7 cm³/mol. The molecular weight excluding hydrogens is 184 g/mol. The van der Waals surface area contributed by atoms with Crippen molar-refractivity contribution in [2.45, 2.75) is 45.4 Å². The van der Waals surface area contributed by atoms with E-state index in [0.717, 1.165) is 11.8 Å². The van der Waals surface area contributed by atoms with Gasteiger partial charge >= 0.3 is 0 Å². The summed E-state index contributed by atoms with van der Waals surface area (Å²) in [6, 6.07) is 0. The standard InChI is InChI=1S/C13H22N2/c1-10(2)11-5-4-6-12(9-11)13-14-7-8-15(13)3/h7-8,10-12H,4-6,9H2,1-3H3/t11-,12+/m0/s1. The molecule has 1 aromatic rings. The van der Waals surface area contributed by atoms with Crippen LogP contribution in [0.2, 0.25) is 0 Å². The molecule has 0 aliphatic heterocycles. The molecule has 1 aromatic heterocycles. The molecule has 0 unspecified atom stereocenters. The zero-order valence-electron chi connectivity index (χ0n) is 10.1. The van der Waals surface area contributed by atoms with Crippen molar-refractivity contribution < 1.29 is 0 Å². The van der Waals surface area contributed by atoms with Gasteiger partial charge in [-0.15, -0.1) is 0 Å². The van der Waals surface area contributed by atoms with E-state index >= 15 is 0 Å². The second kappa shape index (κ2) is 4.38. The maximum atomic E-state index is 4.50. The molecule has 1 heterocycles. The number of imidazole rings is 1. The summed E-state index contributed by atoms with van der Waals surface area (Å²) in [5.74, 6) is 3.72. The van der Waals surface area contributed by atoms with Gasteiger partial charge in [0.2, 0.25) is 0 Å². The Labute approximate surface area is 92.7 Å². The van der Waals surface area contributed by atoms with Crippen LogP contribution in [0.4, 0.5) is 0 Å². The van der Waals surface area contributed by atoms with Crippen molar-refractivity contribution in [2.75, 3.05) is 0 Å². The Balaban J connectivity index is 2.08. The third-order valence-electron chi connectivity index (χ3n) is 3.88. The fourth-order valence-electron chi connectivity index (χ4n) is 2.84. The summed E-state index contributed by atoms with van der Waals surface area (Å²) >= 11 is 0. The maximum absolute atomic E-state index is 4.50. The number of hydrogen-bond donors (Lipinski definition) is 0. The quantitative estimate of drug-likeness (QED) is 0.725. The van der Waals surface area contributed by atoms with Gasteiger partial charge in [0, 0.05) is 25.4 Å². The minimum absolute atomic E-state index is 0.700. The van der Waals surface area contributed by atoms with Crippen LogP contribution < -0.4 is 0 Å². The van der Waals surface area contributed by atoms with E-state index in [-0.39, 0.29) is 0 Å². The Kier molecular flexibility index (Phi) is 3.13. The fourth-order valence-corrected chi connectivity index (χ4v) is 2.84. The van der Waals surface area contributed by atoms with E-state index in [2.05, 4.69) is 36.6 Å². The lowest BCUT2D eigenvalue weighted by Crippen LogP contribution is -2.20. The zero-order chi connectivity index (χ0) is 10.8. The molecule has 1 saturated carbocycles. The third-order valence-corrected chi connectivity index (χ3v) is 3.88. The molecule has 2 atom stereocenters. The van der Waals surface area contributed by atoms with Crippen LogP contribution in [0.1, 0.15) is 51.3 Å². The van der Waals surface area contributed by atoms with E-state index in [9.17, 15) is 0 Å². The van der Waals surface area contributed by atoms with Crippen LogP contribution in [-0.2, 0) is 7.05 Å². The van der Waals surface area contributed by atoms with Crippen LogP contribution in [0, 0.1) is 11.8 Å². The average Bonchev–Trinajstić information content (AvgIpc) is 2.64. The number of hydrogen-bond acceptors (Lipinski definition) is 1. The van der Waals surface area contributed by atoms with Gasteiger partial charge in [0.25, 0.3) is 0 Å². The number of aryl methyl sites for hydroxylation is 1. The Hall–Kier alpha value is -0.790. The molecule has 2 heteroatoms. The Morgan fingerprint density at radius 2 is 2.20 bits per heavy atom. The zero-order valence-corrected chi connectivity index (χ0v) is 10.1. The molecule has 0 N–H and O–H groups in total. The molecule has 1 fully saturated rings. The molecule has 0 radical (unpaired) electrons. The number of nitrogens with zero attached hydrogens (tertiary/aromatic N) is 2. The highest BCUT2D eigenvalue weighted by Gasteiger charge is 2.27. The SMILES string of the molecule is CC(C)[C@H]1CCC[C@@H](c2nccn2C)C1. The Morgan fingerprint density at radius 3 is 2.80 bits per heavy atom. The molecule has 1 aliphatic carbocycles. The van der Waals surface area contributed by atoms with Crippen molar-refractivity contribution in [2.24, 2.45) is 18.9 Å². The molecule has 84 valence electrons. The normalized spacial score (nSPS) is 27.2. The van der Waals surface area contributed by atoms with E-state index in [1.165, 1.54) is 31.5 Å². The average molecular weight is 206 g/mol. The van der Waals surface area contributed by atoms with Crippen LogP contribution in [0.5, 0.6) is 0 Å². The first-order chi connectivity index (χ1) is 7.18. The summed E-state index contributed by atoms with van der Waals surface area (Å²) in [5, 5.41) is 0. The second-order valence-electron chi connectivity index (χ2n) is 5.26. The lowest BCUT2D eigenvalue weighted by Gasteiger charge is -2.31. The second-order valence-corrected chi connectivity index (χ2v) is 5.26. The molecular formula is C13H22N2. The first-order valence-electron chi connectivity index (χ1n) is 6.15. The summed E-state index contributed by atoms with van der Waals surface area (Å²) in [6.07, 6.45) is 9.44. The van der Waals surface area contributed by atoms with E-state index in [1.54, 1.807) is 0 Å². The van der Waals surface area contributed by atoms with Gasteiger partial charge < -0.3 is 4.57 Å². The predicted octanol–water partition coefficient (Wildman–Crippen LogP) is 3.35. The summed E-state index contributed by atoms with van der Waals surface area (Å²) in [6.45, 7) is 4.71. The van der Waals surface area contributed by atoms with E-state index in [1.807, 2.05) is 6.20 Å². The molecule has 1 aliphatic rings. The minimum Gasteiger partial charge on any atom is -0.338 e. The maximum Gasteiger partial charge on any atom is 0.111 e. The highest BCUT2D eigenvalue weighted by molar-refractivity contribution is 5.02. The van der Waals surface area contributed by atoms with E-state index < -0.39 is 0 Å². The Morgan fingerprint density at radius 1 is 1.40 bits per heavy atom. The molecule has 0 bridgehead atoms. The number of rotatable bonds is 2. The molecule has 0 amide bonds. The molecule has 0 aromatic carbocycles. The smallest absolute Gasteiger partial charge is 0.111 e. The van der Waals surface area contributed by atoms with Crippen molar-refractivity contribution in [3.05, 3.63) is 18.2 Å². The lowest BCUT2D eigenvalue weighted by molar-refractivity contribution is 0.248. The first-order valence-corrected chi connectivity index (χ1v) is 6.15. The van der Waals surface area contributed by atoms with Gasteiger partial charge in [-0.1, -0.05) is 26.7 Å². The van der Waals surface area contributed by atoms with Crippen LogP contribution in [-0.4, -0.2) is 9.55 Å². The monoisotopic (exact) mass is 206 g/mol. The topological polar surface area (TPSA) is 17.8 Å². The largest absolute Gasteiger partial charge is 0.338 e. The van der Waals surface area contributed by atoms with Crippen LogP contribution in [0.3, 0.4) is 0 Å².